The molecule has 1 aromatic heterocycles. The number of para-hydroxylation sites is 4. The van der Waals surface area contributed by atoms with E-state index >= 15 is 0 Å². The molecule has 0 fully saturated rings. The minimum Gasteiger partial charge on any atom is -0.310 e. The number of rotatable bonds is 14. The van der Waals surface area contributed by atoms with Gasteiger partial charge in [0.2, 0.25) is 0 Å². The largest absolute Gasteiger partial charge is 0.310 e. The second-order valence-electron chi connectivity index (χ2n) is 16.8. The van der Waals surface area contributed by atoms with Crippen LogP contribution in [0, 0.1) is 0 Å². The van der Waals surface area contributed by atoms with Gasteiger partial charge in [-0.15, -0.1) is 0 Å². The van der Waals surface area contributed by atoms with Crippen molar-refractivity contribution in [3.63, 3.8) is 0 Å². The van der Waals surface area contributed by atoms with E-state index in [0.717, 1.165) is 68.3 Å². The molecule has 6 nitrogen and oxygen atoms in total. The maximum atomic E-state index is 5.05. The summed E-state index contributed by atoms with van der Waals surface area (Å²) >= 11 is 1.19. The molecule has 0 N–H and O–H groups in total. The minimum absolute atomic E-state index is 0.691. The topological polar surface area (TPSA) is 38.7 Å². The van der Waals surface area contributed by atoms with Crippen molar-refractivity contribution in [3.05, 3.63) is 279 Å². The molecule has 0 unspecified atom stereocenters. The van der Waals surface area contributed by atoms with Gasteiger partial charge in [-0.05, 0) is 127 Å². The van der Waals surface area contributed by atoms with Gasteiger partial charge in [-0.1, -0.05) is 158 Å². The van der Waals surface area contributed by atoms with Crippen molar-refractivity contribution in [1.82, 2.24) is 8.75 Å². The van der Waals surface area contributed by atoms with Crippen molar-refractivity contribution >= 4 is 102 Å². The predicted octanol–water partition coefficient (Wildman–Crippen LogP) is 17.8. The third-order valence-corrected chi connectivity index (χ3v) is 13.1. The Kier molecular flexibility index (Phi) is 12.2. The van der Waals surface area contributed by atoms with Gasteiger partial charge < -0.3 is 19.6 Å². The van der Waals surface area contributed by atoms with Crippen LogP contribution in [0.4, 0.5) is 56.9 Å². The van der Waals surface area contributed by atoms with E-state index in [0.29, 0.717) is 11.4 Å². The molecule has 0 saturated heterocycles. The summed E-state index contributed by atoms with van der Waals surface area (Å²) in [6, 6.07) is 89.5. The SMILES string of the molecule is C=C(c1nsnc1/C(=C\C)N(c1ccccc1)c1ccc(N(c2ccccc2)c2cccc3ccccc23)cc1)N(c1ccccc1)c1ccc(N(c2ccccc2)c2cccc3ccccc23)cc1. The second kappa shape index (κ2) is 19.7. The van der Waals surface area contributed by atoms with Crippen LogP contribution < -0.4 is 19.6 Å². The molecular formula is C63H48N6S. The molecule has 0 aliphatic heterocycles. The van der Waals surface area contributed by atoms with Crippen LogP contribution in [-0.4, -0.2) is 8.75 Å². The molecule has 0 aliphatic rings. The van der Waals surface area contributed by atoms with Gasteiger partial charge in [0.25, 0.3) is 0 Å². The number of aromatic nitrogens is 2. The summed E-state index contributed by atoms with van der Waals surface area (Å²) in [6.07, 6.45) is 2.12. The van der Waals surface area contributed by atoms with Gasteiger partial charge in [-0.3, -0.25) is 0 Å². The van der Waals surface area contributed by atoms with Crippen molar-refractivity contribution in [1.29, 1.82) is 0 Å². The molecule has 0 aliphatic carbocycles. The van der Waals surface area contributed by atoms with Crippen molar-refractivity contribution in [3.8, 4) is 0 Å². The number of anilines is 10. The molecule has 1 heterocycles. The van der Waals surface area contributed by atoms with Crippen molar-refractivity contribution in [2.45, 2.75) is 6.92 Å². The Bertz CT molecular complexity index is 3570. The van der Waals surface area contributed by atoms with E-state index in [4.69, 9.17) is 15.3 Å². The van der Waals surface area contributed by atoms with E-state index in [1.165, 1.54) is 33.3 Å². The lowest BCUT2D eigenvalue weighted by Crippen LogP contribution is -2.20. The van der Waals surface area contributed by atoms with Gasteiger partial charge >= 0.3 is 0 Å². The third kappa shape index (κ3) is 8.47. The quantitative estimate of drug-likeness (QED) is 0.108. The summed E-state index contributed by atoms with van der Waals surface area (Å²) < 4.78 is 10.1. The zero-order chi connectivity index (χ0) is 47.2. The normalized spacial score (nSPS) is 11.4. The molecule has 0 atom stereocenters. The van der Waals surface area contributed by atoms with Gasteiger partial charge in [-0.2, -0.15) is 8.75 Å². The van der Waals surface area contributed by atoms with Crippen LogP contribution >= 0.6 is 11.7 Å². The lowest BCUT2D eigenvalue weighted by atomic mass is 10.1. The zero-order valence-electron chi connectivity index (χ0n) is 38.6. The van der Waals surface area contributed by atoms with Crippen LogP contribution in [0.3, 0.4) is 0 Å². The summed E-state index contributed by atoms with van der Waals surface area (Å²) in [4.78, 5) is 9.09. The fourth-order valence-electron chi connectivity index (χ4n) is 9.38. The highest BCUT2D eigenvalue weighted by molar-refractivity contribution is 6.99. The summed E-state index contributed by atoms with van der Waals surface area (Å²) in [6.45, 7) is 6.86. The lowest BCUT2D eigenvalue weighted by molar-refractivity contribution is 1.21. The maximum Gasteiger partial charge on any atom is 0.130 e. The highest BCUT2D eigenvalue weighted by atomic mass is 32.1. The van der Waals surface area contributed by atoms with Gasteiger partial charge in [0.05, 0.1) is 34.5 Å². The Morgan fingerprint density at radius 2 is 0.686 bits per heavy atom. The first-order valence-electron chi connectivity index (χ1n) is 23.4. The molecule has 0 radical (unpaired) electrons. The van der Waals surface area contributed by atoms with E-state index in [1.807, 2.05) is 12.1 Å². The summed E-state index contributed by atoms with van der Waals surface area (Å²) in [5.74, 6) is 0. The zero-order valence-corrected chi connectivity index (χ0v) is 39.4. The van der Waals surface area contributed by atoms with E-state index in [9.17, 15) is 0 Å². The predicted molar refractivity (Wildman–Crippen MR) is 297 cm³/mol. The Labute approximate surface area is 413 Å². The standard InChI is InChI=1S/C63H48N6S/c1-3-59(67(50-28-10-5-11-29-50)54-42-44-56(45-43-54)69(52-32-14-7-15-33-52)61-37-21-25-48-23-17-19-35-58(48)61)63-62(64-70-65-63)46(2)66(49-26-8-4-9-27-49)53-38-40-55(41-39-53)68(51-30-12-6-13-31-51)60-36-20-24-47-22-16-18-34-57(47)60/h3-45H,2H2,1H3/b59-3+. The highest BCUT2D eigenvalue weighted by Gasteiger charge is 2.27. The van der Waals surface area contributed by atoms with Gasteiger partial charge in [0.1, 0.15) is 11.4 Å². The van der Waals surface area contributed by atoms with E-state index < -0.39 is 0 Å². The lowest BCUT2D eigenvalue weighted by Gasteiger charge is -2.31. The average Bonchev–Trinajstić information content (AvgIpc) is 3.92. The fraction of sp³-hybridized carbons (Fsp3) is 0.0159. The number of nitrogens with zero attached hydrogens (tertiary/aromatic N) is 6. The second-order valence-corrected chi connectivity index (χ2v) is 17.3. The number of fused-ring (bicyclic) bond motifs is 2. The van der Waals surface area contributed by atoms with Gasteiger partial charge in [0, 0.05) is 56.3 Å². The number of allylic oxidation sites excluding steroid dienone is 1. The molecule has 70 heavy (non-hydrogen) atoms. The summed E-state index contributed by atoms with van der Waals surface area (Å²) in [5, 5.41) is 4.73. The summed E-state index contributed by atoms with van der Waals surface area (Å²) in [5.41, 5.74) is 13.3. The maximum absolute atomic E-state index is 5.05. The monoisotopic (exact) mass is 920 g/mol. The number of hydrogen-bond donors (Lipinski definition) is 0. The Morgan fingerprint density at radius 3 is 1.14 bits per heavy atom. The fourth-order valence-corrected chi connectivity index (χ4v) is 9.96. The average molecular weight is 921 g/mol. The van der Waals surface area contributed by atoms with Gasteiger partial charge in [0.15, 0.2) is 0 Å². The molecule has 336 valence electrons. The van der Waals surface area contributed by atoms with E-state index in [1.54, 1.807) is 0 Å². The molecule has 10 aromatic carbocycles. The number of benzene rings is 10. The third-order valence-electron chi connectivity index (χ3n) is 12.6. The molecule has 7 heteroatoms. The van der Waals surface area contributed by atoms with Crippen molar-refractivity contribution in [2.75, 3.05) is 19.6 Å². The molecule has 0 spiro atoms. The van der Waals surface area contributed by atoms with Crippen molar-refractivity contribution < 1.29 is 0 Å². The Balaban J connectivity index is 0.970. The van der Waals surface area contributed by atoms with E-state index in [-0.39, 0.29) is 0 Å². The molecule has 0 bridgehead atoms. The molecular weight excluding hydrogens is 873 g/mol. The van der Waals surface area contributed by atoms with Crippen LogP contribution in [0.2, 0.25) is 0 Å². The Hall–Kier alpha value is -9.04. The highest BCUT2D eigenvalue weighted by Crippen LogP contribution is 2.45. The van der Waals surface area contributed by atoms with E-state index in [2.05, 4.69) is 275 Å². The van der Waals surface area contributed by atoms with Crippen LogP contribution in [0.15, 0.2) is 267 Å². The van der Waals surface area contributed by atoms with Crippen LogP contribution in [0.25, 0.3) is 32.9 Å². The summed E-state index contributed by atoms with van der Waals surface area (Å²) in [7, 11) is 0. The Morgan fingerprint density at radius 1 is 0.357 bits per heavy atom. The van der Waals surface area contributed by atoms with Crippen molar-refractivity contribution in [2.24, 2.45) is 0 Å². The number of hydrogen-bond acceptors (Lipinski definition) is 7. The van der Waals surface area contributed by atoms with Gasteiger partial charge in [-0.25, -0.2) is 0 Å². The molecule has 11 aromatic rings. The first-order chi connectivity index (χ1) is 34.6. The molecule has 0 saturated carbocycles. The van der Waals surface area contributed by atoms with Crippen LogP contribution in [-0.2, 0) is 0 Å². The molecule has 0 amide bonds. The molecule has 11 rings (SSSR count). The first-order valence-corrected chi connectivity index (χ1v) is 24.1. The van der Waals surface area contributed by atoms with Crippen LogP contribution in [0.1, 0.15) is 18.3 Å². The smallest absolute Gasteiger partial charge is 0.130 e. The first kappa shape index (κ1) is 43.5. The minimum atomic E-state index is 0.691. The van der Waals surface area contributed by atoms with Crippen LogP contribution in [0.5, 0.6) is 0 Å².